The Morgan fingerprint density at radius 3 is 2.89 bits per heavy atom. The Morgan fingerprint density at radius 2 is 2.56 bits per heavy atom. The number of alkyl halides is 1. The number of hydrogen-bond acceptors (Lipinski definition) is 2. The standard InChI is InChI=1S/C6H9ClO2/c1-3-9-6(8)5(2)4-7/h3,5H,1,4H2,2H3. The van der Waals surface area contributed by atoms with Gasteiger partial charge in [0.25, 0.3) is 0 Å². The fraction of sp³-hybridized carbons (Fsp3) is 0.500. The number of carbonyl (C=O) groups excluding carboxylic acids is 1. The van der Waals surface area contributed by atoms with Crippen LogP contribution in [0.5, 0.6) is 0 Å². The Hall–Kier alpha value is -0.500. The molecule has 9 heavy (non-hydrogen) atoms. The highest BCUT2D eigenvalue weighted by atomic mass is 35.5. The van der Waals surface area contributed by atoms with E-state index in [0.717, 1.165) is 6.26 Å². The molecule has 0 heterocycles. The number of esters is 1. The van der Waals surface area contributed by atoms with Crippen molar-refractivity contribution in [3.63, 3.8) is 0 Å². The smallest absolute Gasteiger partial charge is 0.314 e. The second-order valence-corrected chi connectivity index (χ2v) is 1.97. The first-order chi connectivity index (χ1) is 4.22. The molecule has 3 heteroatoms. The Kier molecular flexibility index (Phi) is 4.14. The summed E-state index contributed by atoms with van der Waals surface area (Å²) in [5.41, 5.74) is 0. The molecule has 0 spiro atoms. The third kappa shape index (κ3) is 3.14. The highest BCUT2D eigenvalue weighted by Crippen LogP contribution is 2.00. The van der Waals surface area contributed by atoms with Gasteiger partial charge in [0.15, 0.2) is 0 Å². The van der Waals surface area contributed by atoms with Crippen LogP contribution in [-0.2, 0) is 9.53 Å². The first kappa shape index (κ1) is 8.50. The Morgan fingerprint density at radius 1 is 2.00 bits per heavy atom. The molecule has 0 amide bonds. The van der Waals surface area contributed by atoms with Gasteiger partial charge in [0.05, 0.1) is 12.2 Å². The van der Waals surface area contributed by atoms with Gasteiger partial charge in [0.1, 0.15) is 0 Å². The van der Waals surface area contributed by atoms with Crippen LogP contribution in [0.1, 0.15) is 6.92 Å². The Labute approximate surface area is 59.5 Å². The molecule has 0 saturated heterocycles. The van der Waals surface area contributed by atoms with Crippen LogP contribution in [0.3, 0.4) is 0 Å². The van der Waals surface area contributed by atoms with Gasteiger partial charge >= 0.3 is 5.97 Å². The van der Waals surface area contributed by atoms with Gasteiger partial charge in [-0.25, -0.2) is 0 Å². The fourth-order valence-corrected chi connectivity index (χ4v) is 0.387. The average Bonchev–Trinajstić information content (AvgIpc) is 1.87. The van der Waals surface area contributed by atoms with E-state index in [9.17, 15) is 4.79 Å². The SMILES string of the molecule is C=COC(=O)C(C)CCl. The molecule has 0 N–H and O–H groups in total. The molecule has 0 aromatic rings. The summed E-state index contributed by atoms with van der Waals surface area (Å²) in [6, 6.07) is 0. The number of ether oxygens (including phenoxy) is 1. The topological polar surface area (TPSA) is 26.3 Å². The summed E-state index contributed by atoms with van der Waals surface area (Å²) < 4.78 is 4.44. The number of carbonyl (C=O) groups is 1. The summed E-state index contributed by atoms with van der Waals surface area (Å²) in [5, 5.41) is 0. The lowest BCUT2D eigenvalue weighted by Gasteiger charge is -2.02. The summed E-state index contributed by atoms with van der Waals surface area (Å²) in [7, 11) is 0. The van der Waals surface area contributed by atoms with Crippen LogP contribution in [0.2, 0.25) is 0 Å². The minimum Gasteiger partial charge on any atom is -0.435 e. The van der Waals surface area contributed by atoms with Crippen LogP contribution in [0.15, 0.2) is 12.8 Å². The minimum atomic E-state index is -0.333. The van der Waals surface area contributed by atoms with Gasteiger partial charge in [-0.3, -0.25) is 4.79 Å². The predicted molar refractivity (Wildman–Crippen MR) is 36.2 cm³/mol. The van der Waals surface area contributed by atoms with E-state index in [4.69, 9.17) is 11.6 Å². The molecule has 0 bridgehead atoms. The lowest BCUT2D eigenvalue weighted by molar-refractivity contribution is -0.141. The molecule has 0 aliphatic rings. The molecule has 0 saturated carbocycles. The van der Waals surface area contributed by atoms with E-state index in [1.807, 2.05) is 0 Å². The maximum Gasteiger partial charge on any atom is 0.314 e. The molecule has 0 radical (unpaired) electrons. The normalized spacial score (nSPS) is 12.2. The van der Waals surface area contributed by atoms with Crippen LogP contribution in [0, 0.1) is 5.92 Å². The van der Waals surface area contributed by atoms with Crippen LogP contribution in [0.4, 0.5) is 0 Å². The molecule has 0 aromatic carbocycles. The Bertz CT molecular complexity index is 112. The molecule has 1 atom stereocenters. The van der Waals surface area contributed by atoms with E-state index in [0.29, 0.717) is 0 Å². The maximum absolute atomic E-state index is 10.6. The van der Waals surface area contributed by atoms with Crippen molar-refractivity contribution in [2.45, 2.75) is 6.92 Å². The van der Waals surface area contributed by atoms with Crippen molar-refractivity contribution in [1.82, 2.24) is 0 Å². The number of rotatable bonds is 3. The fourth-order valence-electron chi connectivity index (χ4n) is 0.261. The number of halogens is 1. The highest BCUT2D eigenvalue weighted by Gasteiger charge is 2.10. The van der Waals surface area contributed by atoms with E-state index in [-0.39, 0.29) is 17.8 Å². The molecular formula is C6H9ClO2. The van der Waals surface area contributed by atoms with Crippen LogP contribution < -0.4 is 0 Å². The van der Waals surface area contributed by atoms with E-state index < -0.39 is 0 Å². The molecule has 1 unspecified atom stereocenters. The van der Waals surface area contributed by atoms with Gasteiger partial charge in [-0.05, 0) is 0 Å². The van der Waals surface area contributed by atoms with Gasteiger partial charge in [-0.1, -0.05) is 13.5 Å². The van der Waals surface area contributed by atoms with Crippen LogP contribution in [0.25, 0.3) is 0 Å². The zero-order valence-electron chi connectivity index (χ0n) is 5.26. The molecule has 0 aliphatic heterocycles. The quantitative estimate of drug-likeness (QED) is 0.345. The van der Waals surface area contributed by atoms with E-state index >= 15 is 0 Å². The van der Waals surface area contributed by atoms with Crippen molar-refractivity contribution < 1.29 is 9.53 Å². The first-order valence-corrected chi connectivity index (χ1v) is 3.13. The summed E-state index contributed by atoms with van der Waals surface area (Å²) in [6.07, 6.45) is 1.10. The van der Waals surface area contributed by atoms with Crippen LogP contribution >= 0.6 is 11.6 Å². The predicted octanol–water partition coefficient (Wildman–Crippen LogP) is 1.55. The van der Waals surface area contributed by atoms with Gasteiger partial charge in [-0.2, -0.15) is 0 Å². The van der Waals surface area contributed by atoms with Crippen molar-refractivity contribution >= 4 is 17.6 Å². The van der Waals surface area contributed by atoms with E-state index in [2.05, 4.69) is 11.3 Å². The lowest BCUT2D eigenvalue weighted by atomic mass is 10.2. The first-order valence-electron chi connectivity index (χ1n) is 2.59. The molecule has 0 aliphatic carbocycles. The molecular weight excluding hydrogens is 140 g/mol. The van der Waals surface area contributed by atoms with Crippen molar-refractivity contribution in [3.05, 3.63) is 12.8 Å². The third-order valence-corrected chi connectivity index (χ3v) is 1.30. The van der Waals surface area contributed by atoms with E-state index in [1.165, 1.54) is 0 Å². The summed E-state index contributed by atoms with van der Waals surface area (Å²) in [6.45, 7) is 4.92. The van der Waals surface area contributed by atoms with Gasteiger partial charge in [0.2, 0.25) is 0 Å². The lowest BCUT2D eigenvalue weighted by Crippen LogP contribution is -2.12. The van der Waals surface area contributed by atoms with Gasteiger partial charge < -0.3 is 4.74 Å². The van der Waals surface area contributed by atoms with Crippen molar-refractivity contribution in [1.29, 1.82) is 0 Å². The third-order valence-electron chi connectivity index (χ3n) is 0.833. The zero-order valence-corrected chi connectivity index (χ0v) is 6.02. The minimum absolute atomic E-state index is 0.246. The van der Waals surface area contributed by atoms with Crippen molar-refractivity contribution in [3.8, 4) is 0 Å². The summed E-state index contributed by atoms with van der Waals surface area (Å²) >= 11 is 5.35. The maximum atomic E-state index is 10.6. The highest BCUT2D eigenvalue weighted by molar-refractivity contribution is 6.19. The van der Waals surface area contributed by atoms with Gasteiger partial charge in [-0.15, -0.1) is 11.6 Å². The monoisotopic (exact) mass is 148 g/mol. The summed E-state index contributed by atoms with van der Waals surface area (Å²) in [4.78, 5) is 10.6. The molecule has 0 aromatic heterocycles. The van der Waals surface area contributed by atoms with Crippen molar-refractivity contribution in [2.24, 2.45) is 5.92 Å². The number of hydrogen-bond donors (Lipinski definition) is 0. The largest absolute Gasteiger partial charge is 0.435 e. The second-order valence-electron chi connectivity index (χ2n) is 1.66. The molecule has 52 valence electrons. The van der Waals surface area contributed by atoms with Crippen molar-refractivity contribution in [2.75, 3.05) is 5.88 Å². The Balaban J connectivity index is 3.58. The zero-order chi connectivity index (χ0) is 7.28. The molecule has 2 nitrogen and oxygen atoms in total. The molecule has 0 fully saturated rings. The van der Waals surface area contributed by atoms with E-state index in [1.54, 1.807) is 6.92 Å². The van der Waals surface area contributed by atoms with Gasteiger partial charge in [0, 0.05) is 5.88 Å². The molecule has 0 rings (SSSR count). The summed E-state index contributed by atoms with van der Waals surface area (Å²) in [5.74, 6) is -0.295. The average molecular weight is 149 g/mol. The van der Waals surface area contributed by atoms with Crippen LogP contribution in [-0.4, -0.2) is 11.8 Å². The second kappa shape index (κ2) is 4.39.